The van der Waals surface area contributed by atoms with Crippen LogP contribution in [-0.2, 0) is 11.3 Å². The zero-order valence-electron chi connectivity index (χ0n) is 14.9. The van der Waals surface area contributed by atoms with Crippen molar-refractivity contribution in [3.63, 3.8) is 0 Å². The standard InChI is InChI=1S/C20H26N4O/c1-15-13-24(14-19-5-3-4-11-21-19)12-10-20(15)23-18-8-6-17(7-9-18)22-16(2)25/h3-9,11,15,20,23H,10,12-14H2,1-2H3,(H,22,25)/t15-,20+/m1/s1. The van der Waals surface area contributed by atoms with E-state index in [-0.39, 0.29) is 5.91 Å². The molecule has 0 saturated carbocycles. The molecule has 1 aromatic carbocycles. The first-order valence-corrected chi connectivity index (χ1v) is 8.86. The van der Waals surface area contributed by atoms with Gasteiger partial charge in [-0.1, -0.05) is 13.0 Å². The molecule has 0 radical (unpaired) electrons. The Balaban J connectivity index is 1.52. The molecule has 0 bridgehead atoms. The second kappa shape index (κ2) is 8.12. The van der Waals surface area contributed by atoms with Crippen LogP contribution >= 0.6 is 0 Å². The molecule has 2 heterocycles. The molecule has 1 aliphatic rings. The zero-order valence-corrected chi connectivity index (χ0v) is 14.9. The molecule has 1 amide bonds. The van der Waals surface area contributed by atoms with Crippen LogP contribution in [0.15, 0.2) is 48.7 Å². The Hall–Kier alpha value is -2.40. The van der Waals surface area contributed by atoms with E-state index in [1.165, 1.54) is 6.92 Å². The predicted molar refractivity (Wildman–Crippen MR) is 101 cm³/mol. The van der Waals surface area contributed by atoms with Crippen LogP contribution in [0, 0.1) is 5.92 Å². The van der Waals surface area contributed by atoms with E-state index in [0.29, 0.717) is 12.0 Å². The molecular formula is C20H26N4O. The number of nitrogens with one attached hydrogen (secondary N) is 2. The van der Waals surface area contributed by atoms with Crippen molar-refractivity contribution in [2.45, 2.75) is 32.9 Å². The summed E-state index contributed by atoms with van der Waals surface area (Å²) in [5.41, 5.74) is 3.06. The first kappa shape index (κ1) is 17.4. The van der Waals surface area contributed by atoms with Gasteiger partial charge in [0.1, 0.15) is 0 Å². The second-order valence-corrected chi connectivity index (χ2v) is 6.83. The molecule has 0 spiro atoms. The van der Waals surface area contributed by atoms with Crippen LogP contribution in [0.25, 0.3) is 0 Å². The number of anilines is 2. The second-order valence-electron chi connectivity index (χ2n) is 6.83. The van der Waals surface area contributed by atoms with Gasteiger partial charge in [0.05, 0.1) is 5.69 Å². The quantitative estimate of drug-likeness (QED) is 0.878. The Morgan fingerprint density at radius 3 is 2.60 bits per heavy atom. The van der Waals surface area contributed by atoms with Crippen LogP contribution in [0.5, 0.6) is 0 Å². The summed E-state index contributed by atoms with van der Waals surface area (Å²) in [6.45, 7) is 6.88. The molecule has 2 aromatic rings. The van der Waals surface area contributed by atoms with Crippen LogP contribution in [0.1, 0.15) is 26.0 Å². The van der Waals surface area contributed by atoms with E-state index in [2.05, 4.69) is 33.5 Å². The molecule has 3 rings (SSSR count). The number of nitrogens with zero attached hydrogens (tertiary/aromatic N) is 2. The number of hydrogen-bond acceptors (Lipinski definition) is 4. The monoisotopic (exact) mass is 338 g/mol. The first-order valence-electron chi connectivity index (χ1n) is 8.86. The molecule has 1 aromatic heterocycles. The molecule has 0 unspecified atom stereocenters. The van der Waals surface area contributed by atoms with Gasteiger partial charge < -0.3 is 10.6 Å². The van der Waals surface area contributed by atoms with Gasteiger partial charge in [0.25, 0.3) is 0 Å². The van der Waals surface area contributed by atoms with Gasteiger partial charge in [-0.3, -0.25) is 14.7 Å². The summed E-state index contributed by atoms with van der Waals surface area (Å²) in [5.74, 6) is 0.516. The van der Waals surface area contributed by atoms with Gasteiger partial charge in [0, 0.05) is 50.2 Å². The Kier molecular flexibility index (Phi) is 5.66. The van der Waals surface area contributed by atoms with Gasteiger partial charge in [0.2, 0.25) is 5.91 Å². The minimum Gasteiger partial charge on any atom is -0.382 e. The largest absolute Gasteiger partial charge is 0.382 e. The van der Waals surface area contributed by atoms with Crippen LogP contribution in [-0.4, -0.2) is 34.9 Å². The molecule has 1 saturated heterocycles. The number of aromatic nitrogens is 1. The van der Waals surface area contributed by atoms with Gasteiger partial charge in [-0.15, -0.1) is 0 Å². The number of carbonyl (C=O) groups excluding carboxylic acids is 1. The van der Waals surface area contributed by atoms with Gasteiger partial charge in [-0.25, -0.2) is 0 Å². The number of hydrogen-bond donors (Lipinski definition) is 2. The third-order valence-electron chi connectivity index (χ3n) is 4.66. The molecule has 1 fully saturated rings. The van der Waals surface area contributed by atoms with E-state index < -0.39 is 0 Å². The maximum atomic E-state index is 11.1. The summed E-state index contributed by atoms with van der Waals surface area (Å²) in [7, 11) is 0. The van der Waals surface area contributed by atoms with E-state index in [9.17, 15) is 4.79 Å². The van der Waals surface area contributed by atoms with Gasteiger partial charge in [0.15, 0.2) is 0 Å². The normalized spacial score (nSPS) is 20.9. The number of amides is 1. The Bertz CT molecular complexity index is 687. The fraction of sp³-hybridized carbons (Fsp3) is 0.400. The number of likely N-dealkylation sites (tertiary alicyclic amines) is 1. The van der Waals surface area contributed by atoms with Crippen molar-refractivity contribution in [1.82, 2.24) is 9.88 Å². The van der Waals surface area contributed by atoms with Crippen molar-refractivity contribution in [3.05, 3.63) is 54.4 Å². The van der Waals surface area contributed by atoms with Crippen molar-refractivity contribution < 1.29 is 4.79 Å². The summed E-state index contributed by atoms with van der Waals surface area (Å²) in [5, 5.41) is 6.43. The van der Waals surface area contributed by atoms with Crippen molar-refractivity contribution in [3.8, 4) is 0 Å². The van der Waals surface area contributed by atoms with E-state index >= 15 is 0 Å². The minimum atomic E-state index is -0.0467. The lowest BCUT2D eigenvalue weighted by Gasteiger charge is -2.37. The third-order valence-corrected chi connectivity index (χ3v) is 4.66. The SMILES string of the molecule is CC(=O)Nc1ccc(N[C@H]2CCN(Cc3ccccn3)C[C@H]2C)cc1. The predicted octanol–water partition coefficient (Wildman–Crippen LogP) is 3.36. The van der Waals surface area contributed by atoms with Gasteiger partial charge in [-0.2, -0.15) is 0 Å². The summed E-state index contributed by atoms with van der Waals surface area (Å²) in [6.07, 6.45) is 2.97. The number of benzene rings is 1. The lowest BCUT2D eigenvalue weighted by atomic mass is 9.93. The Labute approximate surface area is 149 Å². The molecule has 5 heteroatoms. The van der Waals surface area contributed by atoms with E-state index in [4.69, 9.17) is 0 Å². The van der Waals surface area contributed by atoms with Crippen molar-refractivity contribution in [2.75, 3.05) is 23.7 Å². The smallest absolute Gasteiger partial charge is 0.221 e. The average Bonchev–Trinajstić information content (AvgIpc) is 2.59. The Morgan fingerprint density at radius 1 is 1.20 bits per heavy atom. The van der Waals surface area contributed by atoms with Crippen LogP contribution in [0.3, 0.4) is 0 Å². The maximum Gasteiger partial charge on any atom is 0.221 e. The number of pyridine rings is 1. The van der Waals surface area contributed by atoms with Crippen molar-refractivity contribution >= 4 is 17.3 Å². The Morgan fingerprint density at radius 2 is 1.96 bits per heavy atom. The lowest BCUT2D eigenvalue weighted by molar-refractivity contribution is -0.114. The fourth-order valence-corrected chi connectivity index (χ4v) is 3.38. The van der Waals surface area contributed by atoms with Crippen molar-refractivity contribution in [2.24, 2.45) is 5.92 Å². The highest BCUT2D eigenvalue weighted by Crippen LogP contribution is 2.23. The molecule has 25 heavy (non-hydrogen) atoms. The van der Waals surface area contributed by atoms with Crippen LogP contribution in [0.2, 0.25) is 0 Å². The lowest BCUT2D eigenvalue weighted by Crippen LogP contribution is -2.44. The third kappa shape index (κ3) is 5.03. The molecule has 5 nitrogen and oxygen atoms in total. The summed E-state index contributed by atoms with van der Waals surface area (Å²) < 4.78 is 0. The van der Waals surface area contributed by atoms with Crippen LogP contribution in [0.4, 0.5) is 11.4 Å². The molecule has 0 aliphatic carbocycles. The van der Waals surface area contributed by atoms with E-state index in [1.54, 1.807) is 0 Å². The molecular weight excluding hydrogens is 312 g/mol. The number of rotatable bonds is 5. The minimum absolute atomic E-state index is 0.0467. The van der Waals surface area contributed by atoms with Gasteiger partial charge >= 0.3 is 0 Å². The maximum absolute atomic E-state index is 11.1. The average molecular weight is 338 g/mol. The summed E-state index contributed by atoms with van der Waals surface area (Å²) in [4.78, 5) is 18.0. The molecule has 2 atom stereocenters. The highest BCUT2D eigenvalue weighted by Gasteiger charge is 2.26. The fourth-order valence-electron chi connectivity index (χ4n) is 3.38. The van der Waals surface area contributed by atoms with Crippen molar-refractivity contribution in [1.29, 1.82) is 0 Å². The summed E-state index contributed by atoms with van der Waals surface area (Å²) >= 11 is 0. The topological polar surface area (TPSA) is 57.3 Å². The zero-order chi connectivity index (χ0) is 17.6. The number of piperidine rings is 1. The van der Waals surface area contributed by atoms with E-state index in [0.717, 1.165) is 43.1 Å². The van der Waals surface area contributed by atoms with Crippen LogP contribution < -0.4 is 10.6 Å². The molecule has 1 aliphatic heterocycles. The number of carbonyl (C=O) groups is 1. The highest BCUT2D eigenvalue weighted by molar-refractivity contribution is 5.88. The first-order chi connectivity index (χ1) is 12.1. The molecule has 2 N–H and O–H groups in total. The summed E-state index contributed by atoms with van der Waals surface area (Å²) in [6, 6.07) is 14.5. The van der Waals surface area contributed by atoms with E-state index in [1.807, 2.05) is 42.6 Å². The highest BCUT2D eigenvalue weighted by atomic mass is 16.1. The molecule has 132 valence electrons. The van der Waals surface area contributed by atoms with Gasteiger partial charge in [-0.05, 0) is 48.7 Å².